The molecule has 0 amide bonds. The van der Waals surface area contributed by atoms with E-state index in [0.29, 0.717) is 12.1 Å². The molecule has 0 bridgehead atoms. The fourth-order valence-electron chi connectivity index (χ4n) is 2.22. The van der Waals surface area contributed by atoms with Crippen LogP contribution in [0.2, 0.25) is 0 Å². The third-order valence-electron chi connectivity index (χ3n) is 3.27. The number of thiophene rings is 1. The molecule has 5 heteroatoms. The van der Waals surface area contributed by atoms with Crippen molar-refractivity contribution in [3.63, 3.8) is 0 Å². The Morgan fingerprint density at radius 3 is 2.62 bits per heavy atom. The summed E-state index contributed by atoms with van der Waals surface area (Å²) in [5.74, 6) is 0. The Balaban J connectivity index is 2.04. The third-order valence-corrected chi connectivity index (χ3v) is 4.26. The number of hydrogen-bond acceptors (Lipinski definition) is 2. The highest BCUT2D eigenvalue weighted by atomic mass is 32.1. The minimum atomic E-state index is -4.29. The van der Waals surface area contributed by atoms with Gasteiger partial charge in [-0.15, -0.1) is 11.3 Å². The molecule has 114 valence electrons. The van der Waals surface area contributed by atoms with Crippen molar-refractivity contribution in [1.29, 1.82) is 0 Å². The average Bonchev–Trinajstić information content (AvgIpc) is 2.97. The van der Waals surface area contributed by atoms with Gasteiger partial charge in [0.05, 0.1) is 5.56 Å². The van der Waals surface area contributed by atoms with Gasteiger partial charge in [-0.1, -0.05) is 37.6 Å². The second-order valence-corrected chi connectivity index (χ2v) is 5.91. The molecule has 1 heterocycles. The van der Waals surface area contributed by atoms with Crippen molar-refractivity contribution in [3.8, 4) is 0 Å². The van der Waals surface area contributed by atoms with Gasteiger partial charge in [-0.3, -0.25) is 0 Å². The van der Waals surface area contributed by atoms with Crippen LogP contribution in [0.1, 0.15) is 41.8 Å². The Morgan fingerprint density at radius 1 is 1.19 bits per heavy atom. The topological polar surface area (TPSA) is 12.0 Å². The van der Waals surface area contributed by atoms with E-state index in [0.717, 1.165) is 18.9 Å². The minimum Gasteiger partial charge on any atom is -0.305 e. The quantitative estimate of drug-likeness (QED) is 0.753. The van der Waals surface area contributed by atoms with E-state index in [4.69, 9.17) is 0 Å². The van der Waals surface area contributed by atoms with Gasteiger partial charge >= 0.3 is 6.18 Å². The van der Waals surface area contributed by atoms with Gasteiger partial charge in [-0.2, -0.15) is 13.2 Å². The lowest BCUT2D eigenvalue weighted by Crippen LogP contribution is -2.20. The predicted octanol–water partition coefficient (Wildman–Crippen LogP) is 5.40. The van der Waals surface area contributed by atoms with Crippen LogP contribution in [0, 0.1) is 0 Å². The number of rotatable bonds is 6. The Hall–Kier alpha value is -1.33. The highest BCUT2D eigenvalue weighted by Crippen LogP contribution is 2.30. The Bertz CT molecular complexity index is 549. The van der Waals surface area contributed by atoms with Gasteiger partial charge < -0.3 is 5.32 Å². The maximum absolute atomic E-state index is 12.7. The zero-order valence-electron chi connectivity index (χ0n) is 11.8. The standard InChI is InChI=1S/C16H18F3NS/c1-2-5-14(15-8-4-9-21-15)20-11-12-6-3-7-13(10-12)16(17,18)19/h3-4,6-10,14,20H,2,5,11H2,1H3. The molecule has 0 radical (unpaired) electrons. The summed E-state index contributed by atoms with van der Waals surface area (Å²) < 4.78 is 38.1. The lowest BCUT2D eigenvalue weighted by Gasteiger charge is -2.17. The van der Waals surface area contributed by atoms with Crippen LogP contribution in [0.3, 0.4) is 0 Å². The van der Waals surface area contributed by atoms with Gasteiger partial charge in [0, 0.05) is 17.5 Å². The van der Waals surface area contributed by atoms with E-state index in [9.17, 15) is 13.2 Å². The van der Waals surface area contributed by atoms with E-state index in [1.54, 1.807) is 17.4 Å². The lowest BCUT2D eigenvalue weighted by atomic mass is 10.1. The van der Waals surface area contributed by atoms with Crippen molar-refractivity contribution < 1.29 is 13.2 Å². The third kappa shape index (κ3) is 4.58. The molecule has 0 aliphatic heterocycles. The molecule has 1 N–H and O–H groups in total. The highest BCUT2D eigenvalue weighted by molar-refractivity contribution is 7.10. The van der Waals surface area contributed by atoms with Crippen LogP contribution in [0.4, 0.5) is 13.2 Å². The van der Waals surface area contributed by atoms with Crippen LogP contribution in [0.25, 0.3) is 0 Å². The molecular weight excluding hydrogens is 295 g/mol. The van der Waals surface area contributed by atoms with Crippen LogP contribution in [0.15, 0.2) is 41.8 Å². The lowest BCUT2D eigenvalue weighted by molar-refractivity contribution is -0.137. The van der Waals surface area contributed by atoms with E-state index < -0.39 is 11.7 Å². The first-order valence-electron chi connectivity index (χ1n) is 6.93. The number of benzene rings is 1. The smallest absolute Gasteiger partial charge is 0.305 e. The van der Waals surface area contributed by atoms with Crippen molar-refractivity contribution in [2.45, 2.75) is 38.5 Å². The first-order valence-corrected chi connectivity index (χ1v) is 7.81. The first kappa shape index (κ1) is 16.0. The van der Waals surface area contributed by atoms with Gasteiger partial charge in [0.2, 0.25) is 0 Å². The number of halogens is 3. The van der Waals surface area contributed by atoms with Crippen LogP contribution in [0.5, 0.6) is 0 Å². The summed E-state index contributed by atoms with van der Waals surface area (Å²) in [6.07, 6.45) is -2.29. The molecule has 2 rings (SSSR count). The van der Waals surface area contributed by atoms with Crippen LogP contribution in [-0.2, 0) is 12.7 Å². The molecule has 0 saturated carbocycles. The molecule has 0 aliphatic rings. The molecule has 1 nitrogen and oxygen atoms in total. The van der Waals surface area contributed by atoms with E-state index in [1.807, 2.05) is 11.4 Å². The summed E-state index contributed by atoms with van der Waals surface area (Å²) in [4.78, 5) is 1.23. The molecule has 1 unspecified atom stereocenters. The maximum Gasteiger partial charge on any atom is 0.416 e. The van der Waals surface area contributed by atoms with Crippen molar-refractivity contribution in [3.05, 3.63) is 57.8 Å². The van der Waals surface area contributed by atoms with Crippen LogP contribution >= 0.6 is 11.3 Å². The Morgan fingerprint density at radius 2 is 2.00 bits per heavy atom. The maximum atomic E-state index is 12.7. The van der Waals surface area contributed by atoms with Crippen molar-refractivity contribution in [2.24, 2.45) is 0 Å². The Kier molecular flexibility index (Phi) is 5.42. The number of alkyl halides is 3. The monoisotopic (exact) mass is 313 g/mol. The normalized spacial score (nSPS) is 13.3. The molecule has 1 aromatic carbocycles. The minimum absolute atomic E-state index is 0.199. The second-order valence-electron chi connectivity index (χ2n) is 4.94. The highest BCUT2D eigenvalue weighted by Gasteiger charge is 2.30. The zero-order valence-corrected chi connectivity index (χ0v) is 12.6. The van der Waals surface area contributed by atoms with Gasteiger partial charge in [-0.05, 0) is 29.5 Å². The van der Waals surface area contributed by atoms with Gasteiger partial charge in [0.1, 0.15) is 0 Å². The number of hydrogen-bond donors (Lipinski definition) is 1. The molecule has 1 aromatic heterocycles. The van der Waals surface area contributed by atoms with Gasteiger partial charge in [-0.25, -0.2) is 0 Å². The zero-order chi connectivity index (χ0) is 15.3. The summed E-state index contributed by atoms with van der Waals surface area (Å²) in [5, 5.41) is 5.38. The average molecular weight is 313 g/mol. The molecule has 0 aliphatic carbocycles. The fourth-order valence-corrected chi connectivity index (χ4v) is 3.06. The molecule has 21 heavy (non-hydrogen) atoms. The predicted molar refractivity (Wildman–Crippen MR) is 80.3 cm³/mol. The molecule has 0 spiro atoms. The molecule has 0 saturated heterocycles. The summed E-state index contributed by atoms with van der Waals surface area (Å²) in [6.45, 7) is 2.54. The van der Waals surface area contributed by atoms with Crippen molar-refractivity contribution in [2.75, 3.05) is 0 Å². The van der Waals surface area contributed by atoms with Gasteiger partial charge in [0.15, 0.2) is 0 Å². The van der Waals surface area contributed by atoms with Crippen molar-refractivity contribution in [1.82, 2.24) is 5.32 Å². The molecule has 0 fully saturated rings. The summed E-state index contributed by atoms with van der Waals surface area (Å²) in [5.41, 5.74) is 0.0625. The Labute approximate surface area is 126 Å². The summed E-state index contributed by atoms with van der Waals surface area (Å²) in [6, 6.07) is 9.75. The molecule has 2 aromatic rings. The SMILES string of the molecule is CCCC(NCc1cccc(C(F)(F)F)c1)c1cccs1. The van der Waals surface area contributed by atoms with Crippen molar-refractivity contribution >= 4 is 11.3 Å². The van der Waals surface area contributed by atoms with Crippen LogP contribution in [-0.4, -0.2) is 0 Å². The number of nitrogens with one attached hydrogen (secondary N) is 1. The largest absolute Gasteiger partial charge is 0.416 e. The molecular formula is C16H18F3NS. The van der Waals surface area contributed by atoms with E-state index in [2.05, 4.69) is 18.3 Å². The summed E-state index contributed by atoms with van der Waals surface area (Å²) >= 11 is 1.67. The summed E-state index contributed by atoms with van der Waals surface area (Å²) in [7, 11) is 0. The second kappa shape index (κ2) is 7.09. The van der Waals surface area contributed by atoms with E-state index in [-0.39, 0.29) is 6.04 Å². The fraction of sp³-hybridized carbons (Fsp3) is 0.375. The van der Waals surface area contributed by atoms with E-state index in [1.165, 1.54) is 17.0 Å². The van der Waals surface area contributed by atoms with Gasteiger partial charge in [0.25, 0.3) is 0 Å². The van der Waals surface area contributed by atoms with E-state index >= 15 is 0 Å². The first-order chi connectivity index (χ1) is 10.0. The molecule has 1 atom stereocenters. The van der Waals surface area contributed by atoms with Crippen LogP contribution < -0.4 is 5.32 Å².